The zero-order chi connectivity index (χ0) is 33.1. The summed E-state index contributed by atoms with van der Waals surface area (Å²) in [6.07, 6.45) is -1.62. The second-order valence-corrected chi connectivity index (χ2v) is 13.8. The maximum Gasteiger partial charge on any atom is 0.483 e. The highest BCUT2D eigenvalue weighted by Crippen LogP contribution is 2.65. The molecule has 0 radical (unpaired) electrons. The molecule has 10 atom stereocenters. The van der Waals surface area contributed by atoms with Gasteiger partial charge >= 0.3 is 15.6 Å². The van der Waals surface area contributed by atoms with Crippen LogP contribution in [0.15, 0.2) is 48.1 Å². The SMILES string of the molecule is COP(=O)(OC[C@H]1OC(N2C=CCC(C(N)=O)=C2)[C@H](O)[C@@H]1O)OP(=O)(OC)OC[C@H]1OC(N2C=CCC(C(N)=O)=C2)[C@H](O)[C@@H]1O. The maximum absolute atomic E-state index is 13.2. The van der Waals surface area contributed by atoms with Gasteiger partial charge in [-0.05, 0) is 12.8 Å². The summed E-state index contributed by atoms with van der Waals surface area (Å²) in [5, 5.41) is 42.1. The van der Waals surface area contributed by atoms with Crippen LogP contribution in [0.1, 0.15) is 12.8 Å². The van der Waals surface area contributed by atoms with Crippen LogP contribution < -0.4 is 11.5 Å². The summed E-state index contributed by atoms with van der Waals surface area (Å²) in [5.74, 6) is -1.36. The van der Waals surface area contributed by atoms with Crippen LogP contribution in [0.3, 0.4) is 0 Å². The summed E-state index contributed by atoms with van der Waals surface area (Å²) >= 11 is 0. The van der Waals surface area contributed by atoms with Gasteiger partial charge in [0.2, 0.25) is 11.8 Å². The highest BCUT2D eigenvalue weighted by molar-refractivity contribution is 7.62. The van der Waals surface area contributed by atoms with Crippen LogP contribution in [0.2, 0.25) is 0 Å². The van der Waals surface area contributed by atoms with E-state index in [4.69, 9.17) is 43.3 Å². The molecule has 2 amide bonds. The quantitative estimate of drug-likeness (QED) is 0.115. The Hall–Kier alpha value is -2.48. The zero-order valence-corrected chi connectivity index (χ0v) is 25.9. The van der Waals surface area contributed by atoms with Crippen LogP contribution in [0.4, 0.5) is 0 Å². The van der Waals surface area contributed by atoms with E-state index in [0.29, 0.717) is 0 Å². The van der Waals surface area contributed by atoms with E-state index < -0.39 is 89.8 Å². The predicted molar refractivity (Wildman–Crippen MR) is 149 cm³/mol. The number of carbonyl (C=O) groups is 2. The van der Waals surface area contributed by atoms with Gasteiger partial charge in [0.1, 0.15) is 36.6 Å². The Morgan fingerprint density at radius 2 is 1.16 bits per heavy atom. The van der Waals surface area contributed by atoms with Gasteiger partial charge in [-0.2, -0.15) is 4.31 Å². The van der Waals surface area contributed by atoms with Crippen molar-refractivity contribution in [1.82, 2.24) is 9.80 Å². The first-order valence-corrected chi connectivity index (χ1v) is 16.4. The Morgan fingerprint density at radius 1 is 0.778 bits per heavy atom. The second-order valence-electron chi connectivity index (χ2n) is 10.1. The number of nitrogens with two attached hydrogens (primary N) is 2. The van der Waals surface area contributed by atoms with Crippen LogP contribution in [0, 0.1) is 0 Å². The van der Waals surface area contributed by atoms with Crippen molar-refractivity contribution in [3.8, 4) is 0 Å². The number of hydrogen-bond donors (Lipinski definition) is 6. The van der Waals surface area contributed by atoms with Gasteiger partial charge in [-0.3, -0.25) is 27.7 Å². The lowest BCUT2D eigenvalue weighted by Crippen LogP contribution is -2.40. The Labute approximate surface area is 257 Å². The minimum absolute atomic E-state index is 0.230. The number of rotatable bonds is 14. The number of primary amides is 2. The molecular weight excluding hydrogens is 646 g/mol. The molecule has 4 unspecified atom stereocenters. The van der Waals surface area contributed by atoms with Gasteiger partial charge in [0.15, 0.2) is 12.5 Å². The van der Waals surface area contributed by atoms with Gasteiger partial charge in [-0.1, -0.05) is 12.2 Å². The molecule has 0 aromatic heterocycles. The summed E-state index contributed by atoms with van der Waals surface area (Å²) in [4.78, 5) is 25.7. The largest absolute Gasteiger partial charge is 0.483 e. The third-order valence-electron chi connectivity index (χ3n) is 7.18. The predicted octanol–water partition coefficient (Wildman–Crippen LogP) is -1.38. The number of phosphoric ester groups is 2. The first-order chi connectivity index (χ1) is 21.2. The average Bonchev–Trinajstić information content (AvgIpc) is 3.48. The summed E-state index contributed by atoms with van der Waals surface area (Å²) in [7, 11) is -7.71. The lowest BCUT2D eigenvalue weighted by Gasteiger charge is -2.28. The van der Waals surface area contributed by atoms with Crippen molar-refractivity contribution in [3.63, 3.8) is 0 Å². The molecule has 4 rings (SSSR count). The molecule has 0 aromatic carbocycles. The van der Waals surface area contributed by atoms with Crippen LogP contribution in [0.5, 0.6) is 0 Å². The van der Waals surface area contributed by atoms with Gasteiger partial charge < -0.3 is 51.2 Å². The molecule has 4 aliphatic rings. The Kier molecular flexibility index (Phi) is 11.4. The number of nitrogens with zero attached hydrogens (tertiary/aromatic N) is 2. The lowest BCUT2D eigenvalue weighted by atomic mass is 10.1. The molecule has 2 fully saturated rings. The van der Waals surface area contributed by atoms with Crippen LogP contribution in [-0.4, -0.2) is 119 Å². The molecule has 2 saturated heterocycles. The number of ether oxygens (including phenoxy) is 2. The number of carbonyl (C=O) groups excluding carboxylic acids is 2. The van der Waals surface area contributed by atoms with Gasteiger partial charge in [0, 0.05) is 50.2 Å². The van der Waals surface area contributed by atoms with E-state index in [1.165, 1.54) is 34.6 Å². The summed E-state index contributed by atoms with van der Waals surface area (Å²) in [6, 6.07) is 0. The van der Waals surface area contributed by atoms with E-state index in [-0.39, 0.29) is 24.0 Å². The molecule has 4 aliphatic heterocycles. The normalized spacial score (nSPS) is 34.3. The summed E-state index contributed by atoms with van der Waals surface area (Å²) < 4.78 is 62.7. The Morgan fingerprint density at radius 3 is 1.49 bits per heavy atom. The average molecular weight is 683 g/mol. The van der Waals surface area contributed by atoms with Gasteiger partial charge in [0.05, 0.1) is 13.2 Å². The molecule has 0 aliphatic carbocycles. The van der Waals surface area contributed by atoms with Crippen LogP contribution >= 0.6 is 15.6 Å². The van der Waals surface area contributed by atoms with E-state index >= 15 is 0 Å². The fourth-order valence-corrected chi connectivity index (χ4v) is 7.46. The molecular formula is C24H36N4O15P2. The van der Waals surface area contributed by atoms with E-state index in [2.05, 4.69) is 0 Å². The number of amides is 2. The van der Waals surface area contributed by atoms with E-state index in [9.17, 15) is 39.1 Å². The first-order valence-electron chi connectivity index (χ1n) is 13.4. The number of phosphoric acid groups is 2. The molecule has 19 nitrogen and oxygen atoms in total. The smallest absolute Gasteiger partial charge is 0.387 e. The molecule has 45 heavy (non-hydrogen) atoms. The Balaban J connectivity index is 1.35. The summed E-state index contributed by atoms with van der Waals surface area (Å²) in [6.45, 7) is -1.40. The van der Waals surface area contributed by atoms with Gasteiger partial charge in [-0.25, -0.2) is 9.13 Å². The second kappa shape index (κ2) is 14.5. The molecule has 0 spiro atoms. The van der Waals surface area contributed by atoms with E-state index in [1.807, 2.05) is 0 Å². The summed E-state index contributed by atoms with van der Waals surface area (Å²) in [5.41, 5.74) is 11.1. The minimum atomic E-state index is -4.76. The van der Waals surface area contributed by atoms with Gasteiger partial charge in [0.25, 0.3) is 0 Å². The highest BCUT2D eigenvalue weighted by atomic mass is 31.3. The fourth-order valence-electron chi connectivity index (χ4n) is 4.70. The number of hydrogen-bond acceptors (Lipinski definition) is 17. The minimum Gasteiger partial charge on any atom is -0.387 e. The van der Waals surface area contributed by atoms with Crippen LogP contribution in [0.25, 0.3) is 0 Å². The van der Waals surface area contributed by atoms with Crippen molar-refractivity contribution < 1.29 is 71.0 Å². The molecule has 21 heteroatoms. The van der Waals surface area contributed by atoms with E-state index in [0.717, 1.165) is 14.2 Å². The molecule has 0 aromatic rings. The van der Waals surface area contributed by atoms with Crippen LogP contribution in [-0.2, 0) is 50.6 Å². The number of aliphatic hydroxyl groups is 4. The van der Waals surface area contributed by atoms with Crippen molar-refractivity contribution in [1.29, 1.82) is 0 Å². The fraction of sp³-hybridized carbons (Fsp3) is 0.583. The van der Waals surface area contributed by atoms with Crippen molar-refractivity contribution >= 4 is 27.5 Å². The molecule has 252 valence electrons. The third kappa shape index (κ3) is 8.09. The molecule has 4 heterocycles. The van der Waals surface area contributed by atoms with Gasteiger partial charge in [-0.15, -0.1) is 0 Å². The van der Waals surface area contributed by atoms with E-state index in [1.54, 1.807) is 12.2 Å². The van der Waals surface area contributed by atoms with Crippen molar-refractivity contribution in [3.05, 3.63) is 48.1 Å². The van der Waals surface area contributed by atoms with Crippen molar-refractivity contribution in [2.45, 2.75) is 61.9 Å². The maximum atomic E-state index is 13.2. The molecule has 8 N–H and O–H groups in total. The number of allylic oxidation sites excluding steroid dienone is 2. The Bertz CT molecular complexity index is 1240. The van der Waals surface area contributed by atoms with Crippen molar-refractivity contribution in [2.24, 2.45) is 11.5 Å². The molecule has 0 saturated carbocycles. The zero-order valence-electron chi connectivity index (χ0n) is 24.1. The highest BCUT2D eigenvalue weighted by Gasteiger charge is 2.49. The monoisotopic (exact) mass is 682 g/mol. The standard InChI is InChI=1S/C24H36N4O15P2/c1-37-44(35,39-11-15-17(29)19(31)23(41-15)27-7-3-5-13(9-27)21(25)33)43-45(36,38-2)40-12-16-18(30)20(32)24(42-16)28-8-4-6-14(10-28)22(26)34/h3-4,7-10,15-20,23-24,29-32H,5-6,11-12H2,1-2H3,(H2,25,33)(H2,26,34)/t15-,16-,17-,18-,19-,20-,23?,24?,44?,45?/m1/s1. The first kappa shape index (κ1) is 35.4. The lowest BCUT2D eigenvalue weighted by molar-refractivity contribution is -0.115. The van der Waals surface area contributed by atoms with Crippen molar-refractivity contribution in [2.75, 3.05) is 27.4 Å². The number of aliphatic hydroxyl groups excluding tert-OH is 4. The topological polar surface area (TPSA) is 272 Å². The third-order valence-corrected chi connectivity index (χ3v) is 10.6. The molecule has 0 bridgehead atoms.